The van der Waals surface area contributed by atoms with E-state index in [2.05, 4.69) is 27.9 Å². The fraction of sp³-hybridized carbons (Fsp3) is 0.381. The SMILES string of the molecule is CCOc1ccc(CC(=O)N2CCN(c3ncnc4sc(C)cc34)CC2)cc1. The number of aromatic nitrogens is 2. The summed E-state index contributed by atoms with van der Waals surface area (Å²) in [5.74, 6) is 1.99. The lowest BCUT2D eigenvalue weighted by atomic mass is 10.1. The highest BCUT2D eigenvalue weighted by Crippen LogP contribution is 2.30. The molecular formula is C21H24N4O2S. The highest BCUT2D eigenvalue weighted by atomic mass is 32.1. The van der Waals surface area contributed by atoms with Crippen molar-refractivity contribution in [3.8, 4) is 5.75 Å². The summed E-state index contributed by atoms with van der Waals surface area (Å²) in [7, 11) is 0. The van der Waals surface area contributed by atoms with E-state index in [0.717, 1.165) is 40.4 Å². The fourth-order valence-corrected chi connectivity index (χ4v) is 4.38. The number of nitrogens with zero attached hydrogens (tertiary/aromatic N) is 4. The summed E-state index contributed by atoms with van der Waals surface area (Å²) >= 11 is 1.69. The van der Waals surface area contributed by atoms with Gasteiger partial charge in [-0.1, -0.05) is 12.1 Å². The molecule has 1 fully saturated rings. The van der Waals surface area contributed by atoms with Crippen LogP contribution < -0.4 is 9.64 Å². The van der Waals surface area contributed by atoms with E-state index in [1.165, 1.54) is 4.88 Å². The Balaban J connectivity index is 1.37. The first-order valence-corrected chi connectivity index (χ1v) is 10.4. The first-order chi connectivity index (χ1) is 13.6. The summed E-state index contributed by atoms with van der Waals surface area (Å²) < 4.78 is 5.46. The first-order valence-electron chi connectivity index (χ1n) is 9.59. The van der Waals surface area contributed by atoms with Crippen molar-refractivity contribution in [3.05, 3.63) is 47.1 Å². The largest absolute Gasteiger partial charge is 0.494 e. The summed E-state index contributed by atoms with van der Waals surface area (Å²) in [4.78, 5) is 28.0. The van der Waals surface area contributed by atoms with Gasteiger partial charge >= 0.3 is 0 Å². The van der Waals surface area contributed by atoms with Crippen LogP contribution in [0.5, 0.6) is 5.75 Å². The molecule has 7 heteroatoms. The van der Waals surface area contributed by atoms with Crippen molar-refractivity contribution in [2.75, 3.05) is 37.7 Å². The standard InChI is InChI=1S/C21H24N4O2S/c1-3-27-17-6-4-16(5-7-17)13-19(26)24-8-10-25(11-9-24)20-18-12-15(2)28-21(18)23-14-22-20/h4-7,12,14H,3,8-11,13H2,1-2H3. The Bertz CT molecular complexity index is 962. The Morgan fingerprint density at radius 1 is 1.14 bits per heavy atom. The van der Waals surface area contributed by atoms with Crippen LogP contribution in [0.2, 0.25) is 0 Å². The number of amides is 1. The molecule has 0 unspecified atom stereocenters. The van der Waals surface area contributed by atoms with Crippen molar-refractivity contribution in [1.29, 1.82) is 0 Å². The third-order valence-electron chi connectivity index (χ3n) is 4.95. The van der Waals surface area contributed by atoms with Crippen LogP contribution in [0.3, 0.4) is 0 Å². The van der Waals surface area contributed by atoms with Gasteiger partial charge in [0.05, 0.1) is 18.4 Å². The topological polar surface area (TPSA) is 58.6 Å². The van der Waals surface area contributed by atoms with Gasteiger partial charge in [0.25, 0.3) is 0 Å². The van der Waals surface area contributed by atoms with Crippen LogP contribution in [-0.2, 0) is 11.2 Å². The number of thiophene rings is 1. The van der Waals surface area contributed by atoms with Gasteiger partial charge in [-0.05, 0) is 37.6 Å². The molecule has 0 N–H and O–H groups in total. The van der Waals surface area contributed by atoms with E-state index in [1.54, 1.807) is 17.7 Å². The summed E-state index contributed by atoms with van der Waals surface area (Å²) in [6.45, 7) is 7.70. The quantitative estimate of drug-likeness (QED) is 0.662. The zero-order chi connectivity index (χ0) is 19.5. The predicted molar refractivity (Wildman–Crippen MR) is 112 cm³/mol. The maximum absolute atomic E-state index is 12.7. The molecule has 0 atom stereocenters. The minimum atomic E-state index is 0.169. The molecule has 2 aromatic heterocycles. The summed E-state index contributed by atoms with van der Waals surface area (Å²) in [6, 6.07) is 9.94. The molecule has 0 aliphatic carbocycles. The Kier molecular flexibility index (Phi) is 5.43. The van der Waals surface area contributed by atoms with E-state index < -0.39 is 0 Å². The maximum Gasteiger partial charge on any atom is 0.227 e. The maximum atomic E-state index is 12.7. The molecule has 146 valence electrons. The van der Waals surface area contributed by atoms with Crippen LogP contribution >= 0.6 is 11.3 Å². The minimum Gasteiger partial charge on any atom is -0.494 e. The second-order valence-corrected chi connectivity index (χ2v) is 8.13. The Morgan fingerprint density at radius 2 is 1.89 bits per heavy atom. The number of carbonyl (C=O) groups excluding carboxylic acids is 1. The van der Waals surface area contributed by atoms with E-state index in [0.29, 0.717) is 26.1 Å². The summed E-state index contributed by atoms with van der Waals surface area (Å²) in [6.07, 6.45) is 2.06. The van der Waals surface area contributed by atoms with Gasteiger partial charge in [-0.15, -0.1) is 11.3 Å². The predicted octanol–water partition coefficient (Wildman–Crippen LogP) is 3.29. The van der Waals surface area contributed by atoms with Gasteiger partial charge in [0.15, 0.2) is 0 Å². The number of ether oxygens (including phenoxy) is 1. The molecular weight excluding hydrogens is 372 g/mol. The van der Waals surface area contributed by atoms with Gasteiger partial charge in [-0.3, -0.25) is 4.79 Å². The van der Waals surface area contributed by atoms with Gasteiger partial charge in [0, 0.05) is 31.1 Å². The second kappa shape index (κ2) is 8.14. The molecule has 1 aromatic carbocycles. The van der Waals surface area contributed by atoms with Crippen molar-refractivity contribution in [3.63, 3.8) is 0 Å². The number of carbonyl (C=O) groups is 1. The lowest BCUT2D eigenvalue weighted by Gasteiger charge is -2.35. The van der Waals surface area contributed by atoms with E-state index in [9.17, 15) is 4.79 Å². The molecule has 0 bridgehead atoms. The van der Waals surface area contributed by atoms with Crippen LogP contribution in [0.1, 0.15) is 17.4 Å². The third kappa shape index (κ3) is 3.94. The second-order valence-electron chi connectivity index (χ2n) is 6.89. The van der Waals surface area contributed by atoms with Gasteiger partial charge < -0.3 is 14.5 Å². The van der Waals surface area contributed by atoms with E-state index in [-0.39, 0.29) is 5.91 Å². The van der Waals surface area contributed by atoms with E-state index in [4.69, 9.17) is 4.74 Å². The molecule has 1 aliphatic heterocycles. The number of hydrogen-bond donors (Lipinski definition) is 0. The molecule has 1 amide bonds. The number of benzene rings is 1. The molecule has 28 heavy (non-hydrogen) atoms. The normalized spacial score (nSPS) is 14.5. The fourth-order valence-electron chi connectivity index (χ4n) is 3.54. The zero-order valence-corrected chi connectivity index (χ0v) is 17.0. The molecule has 1 saturated heterocycles. The van der Waals surface area contributed by atoms with Gasteiger partial charge in [0.1, 0.15) is 22.7 Å². The average molecular weight is 397 g/mol. The van der Waals surface area contributed by atoms with Crippen molar-refractivity contribution < 1.29 is 9.53 Å². The molecule has 1 aliphatic rings. The summed E-state index contributed by atoms with van der Waals surface area (Å²) in [5, 5.41) is 1.11. The Morgan fingerprint density at radius 3 is 2.61 bits per heavy atom. The van der Waals surface area contributed by atoms with Crippen LogP contribution in [0.4, 0.5) is 5.82 Å². The number of hydrogen-bond acceptors (Lipinski definition) is 6. The lowest BCUT2D eigenvalue weighted by Crippen LogP contribution is -2.49. The molecule has 4 rings (SSSR count). The van der Waals surface area contributed by atoms with E-state index in [1.807, 2.05) is 36.1 Å². The molecule has 3 aromatic rings. The highest BCUT2D eigenvalue weighted by Gasteiger charge is 2.23. The Hall–Kier alpha value is -2.67. The molecule has 6 nitrogen and oxygen atoms in total. The average Bonchev–Trinajstić information content (AvgIpc) is 3.10. The lowest BCUT2D eigenvalue weighted by molar-refractivity contribution is -0.130. The van der Waals surface area contributed by atoms with Crippen LogP contribution in [0.25, 0.3) is 10.2 Å². The van der Waals surface area contributed by atoms with E-state index >= 15 is 0 Å². The van der Waals surface area contributed by atoms with Crippen LogP contribution in [-0.4, -0.2) is 53.6 Å². The third-order valence-corrected chi connectivity index (χ3v) is 5.91. The highest BCUT2D eigenvalue weighted by molar-refractivity contribution is 7.18. The number of fused-ring (bicyclic) bond motifs is 1. The number of aryl methyl sites for hydroxylation is 1. The van der Waals surface area contributed by atoms with Gasteiger partial charge in [0.2, 0.25) is 5.91 Å². The monoisotopic (exact) mass is 396 g/mol. The molecule has 0 spiro atoms. The van der Waals surface area contributed by atoms with Crippen molar-refractivity contribution >= 4 is 33.3 Å². The van der Waals surface area contributed by atoms with Gasteiger partial charge in [-0.2, -0.15) is 0 Å². The van der Waals surface area contributed by atoms with Crippen molar-refractivity contribution in [2.45, 2.75) is 20.3 Å². The zero-order valence-electron chi connectivity index (χ0n) is 16.2. The number of piperazine rings is 1. The molecule has 0 radical (unpaired) electrons. The van der Waals surface area contributed by atoms with Crippen LogP contribution in [0.15, 0.2) is 36.7 Å². The first kappa shape index (κ1) is 18.7. The molecule has 0 saturated carbocycles. The smallest absolute Gasteiger partial charge is 0.227 e. The number of anilines is 1. The van der Waals surface area contributed by atoms with Crippen LogP contribution in [0, 0.1) is 6.92 Å². The van der Waals surface area contributed by atoms with Crippen molar-refractivity contribution in [1.82, 2.24) is 14.9 Å². The van der Waals surface area contributed by atoms with Gasteiger partial charge in [-0.25, -0.2) is 9.97 Å². The number of rotatable bonds is 5. The Labute approximate surface area is 168 Å². The summed E-state index contributed by atoms with van der Waals surface area (Å²) in [5.41, 5.74) is 1.02. The molecule has 3 heterocycles. The van der Waals surface area contributed by atoms with Crippen molar-refractivity contribution in [2.24, 2.45) is 0 Å². The minimum absolute atomic E-state index is 0.169.